The first-order valence-corrected chi connectivity index (χ1v) is 12.8. The lowest BCUT2D eigenvalue weighted by Crippen LogP contribution is -2.47. The number of carbonyl (C=O) groups excluding carboxylic acids is 1. The van der Waals surface area contributed by atoms with Gasteiger partial charge in [0.25, 0.3) is 0 Å². The van der Waals surface area contributed by atoms with Gasteiger partial charge in [0.05, 0.1) is 12.7 Å². The molecule has 1 saturated carbocycles. The van der Waals surface area contributed by atoms with Gasteiger partial charge in [0.15, 0.2) is 0 Å². The van der Waals surface area contributed by atoms with Crippen molar-refractivity contribution >= 4 is 5.91 Å². The minimum Gasteiger partial charge on any atom is -0.391 e. The highest BCUT2D eigenvalue weighted by atomic mass is 16.5. The van der Waals surface area contributed by atoms with Gasteiger partial charge in [-0.2, -0.15) is 0 Å². The molecule has 3 fully saturated rings. The molecule has 0 spiro atoms. The van der Waals surface area contributed by atoms with Crippen LogP contribution in [-0.4, -0.2) is 72.9 Å². The van der Waals surface area contributed by atoms with Gasteiger partial charge in [-0.3, -0.25) is 4.79 Å². The van der Waals surface area contributed by atoms with Gasteiger partial charge in [-0.05, 0) is 74.8 Å². The van der Waals surface area contributed by atoms with Crippen molar-refractivity contribution in [1.82, 2.24) is 9.80 Å². The van der Waals surface area contributed by atoms with E-state index in [1.54, 1.807) is 0 Å². The molecule has 3 rings (SSSR count). The van der Waals surface area contributed by atoms with Gasteiger partial charge < -0.3 is 19.6 Å². The summed E-state index contributed by atoms with van der Waals surface area (Å²) in [4.78, 5) is 18.0. The Morgan fingerprint density at radius 2 is 1.84 bits per heavy atom. The molecule has 1 N–H and O–H groups in total. The van der Waals surface area contributed by atoms with E-state index in [9.17, 15) is 9.90 Å². The first-order chi connectivity index (χ1) is 14.5. The highest BCUT2D eigenvalue weighted by molar-refractivity contribution is 5.76. The number of aliphatic hydroxyl groups excluding tert-OH is 1. The molecule has 180 valence electrons. The average molecular weight is 437 g/mol. The lowest BCUT2D eigenvalue weighted by molar-refractivity contribution is -0.136. The molecule has 31 heavy (non-hydrogen) atoms. The number of aliphatic hydroxyl groups is 1. The van der Waals surface area contributed by atoms with Crippen molar-refractivity contribution < 1.29 is 14.6 Å². The van der Waals surface area contributed by atoms with Crippen LogP contribution in [0.4, 0.5) is 0 Å². The Labute approximate surface area is 190 Å². The van der Waals surface area contributed by atoms with Crippen LogP contribution in [0.3, 0.4) is 0 Å². The summed E-state index contributed by atoms with van der Waals surface area (Å²) in [6, 6.07) is 0. The van der Waals surface area contributed by atoms with Gasteiger partial charge in [0.2, 0.25) is 5.91 Å². The predicted molar refractivity (Wildman–Crippen MR) is 126 cm³/mol. The number of hydrogen-bond donors (Lipinski definition) is 1. The Morgan fingerprint density at radius 3 is 2.52 bits per heavy atom. The smallest absolute Gasteiger partial charge is 0.222 e. The second kappa shape index (κ2) is 10.5. The number of β-amino-alcohol motifs (C(OH)–C–C–N with tert-alkyl or cyclic N) is 1. The Balaban J connectivity index is 1.68. The van der Waals surface area contributed by atoms with E-state index in [1.165, 1.54) is 19.3 Å². The molecule has 0 aromatic carbocycles. The SMILES string of the molecule is CC(C)(C)CCN1CC[C@H]2CC(=O)N(CC3CC3)C[C@H](O)C(C)(C)COCCC[C@H]2C1. The fourth-order valence-corrected chi connectivity index (χ4v) is 5.03. The molecule has 2 aliphatic heterocycles. The van der Waals surface area contributed by atoms with Gasteiger partial charge in [0, 0.05) is 38.1 Å². The molecule has 3 atom stereocenters. The summed E-state index contributed by atoms with van der Waals surface area (Å²) in [5, 5.41) is 10.9. The summed E-state index contributed by atoms with van der Waals surface area (Å²) in [7, 11) is 0. The highest BCUT2D eigenvalue weighted by Crippen LogP contribution is 2.35. The molecule has 5 heteroatoms. The summed E-state index contributed by atoms with van der Waals surface area (Å²) in [5.41, 5.74) is 0.0228. The van der Waals surface area contributed by atoms with Crippen molar-refractivity contribution in [1.29, 1.82) is 0 Å². The maximum atomic E-state index is 13.4. The van der Waals surface area contributed by atoms with E-state index in [1.807, 2.05) is 4.90 Å². The third-order valence-corrected chi connectivity index (χ3v) is 7.75. The van der Waals surface area contributed by atoms with E-state index in [-0.39, 0.29) is 11.3 Å². The molecule has 0 bridgehead atoms. The Bertz CT molecular complexity index is 582. The number of likely N-dealkylation sites (tertiary alicyclic amines) is 1. The summed E-state index contributed by atoms with van der Waals surface area (Å²) >= 11 is 0. The molecule has 0 radical (unpaired) electrons. The number of nitrogens with zero attached hydrogens (tertiary/aromatic N) is 2. The van der Waals surface area contributed by atoms with E-state index in [4.69, 9.17) is 4.74 Å². The fraction of sp³-hybridized carbons (Fsp3) is 0.962. The van der Waals surface area contributed by atoms with Crippen LogP contribution in [0.5, 0.6) is 0 Å². The van der Waals surface area contributed by atoms with Crippen molar-refractivity contribution in [3.63, 3.8) is 0 Å². The van der Waals surface area contributed by atoms with Crippen LogP contribution >= 0.6 is 0 Å². The second-order valence-electron chi connectivity index (χ2n) is 12.6. The summed E-state index contributed by atoms with van der Waals surface area (Å²) < 4.78 is 6.01. The number of rotatable bonds is 4. The molecular weight excluding hydrogens is 388 g/mol. The largest absolute Gasteiger partial charge is 0.391 e. The zero-order chi connectivity index (χ0) is 22.6. The highest BCUT2D eigenvalue weighted by Gasteiger charge is 2.37. The van der Waals surface area contributed by atoms with Gasteiger partial charge in [-0.15, -0.1) is 0 Å². The zero-order valence-electron chi connectivity index (χ0n) is 20.9. The lowest BCUT2D eigenvalue weighted by Gasteiger charge is -2.40. The Morgan fingerprint density at radius 1 is 1.10 bits per heavy atom. The van der Waals surface area contributed by atoms with E-state index >= 15 is 0 Å². The molecule has 3 aliphatic rings. The van der Waals surface area contributed by atoms with Crippen molar-refractivity contribution in [2.24, 2.45) is 28.6 Å². The molecule has 0 aromatic rings. The molecular formula is C26H48N2O3. The van der Waals surface area contributed by atoms with Crippen molar-refractivity contribution in [3.05, 3.63) is 0 Å². The Kier molecular flexibility index (Phi) is 8.48. The second-order valence-corrected chi connectivity index (χ2v) is 12.6. The number of hydrogen-bond acceptors (Lipinski definition) is 4. The van der Waals surface area contributed by atoms with Crippen LogP contribution in [0.25, 0.3) is 0 Å². The molecule has 5 nitrogen and oxygen atoms in total. The predicted octanol–water partition coefficient (Wildman–Crippen LogP) is 4.19. The number of fused-ring (bicyclic) bond motifs is 1. The third kappa shape index (κ3) is 8.01. The quantitative estimate of drug-likeness (QED) is 0.718. The van der Waals surface area contributed by atoms with Crippen molar-refractivity contribution in [3.8, 4) is 0 Å². The third-order valence-electron chi connectivity index (χ3n) is 7.75. The van der Waals surface area contributed by atoms with Gasteiger partial charge in [-0.1, -0.05) is 34.6 Å². The van der Waals surface area contributed by atoms with Crippen LogP contribution in [0.1, 0.15) is 79.6 Å². The number of amides is 1. The van der Waals surface area contributed by atoms with Gasteiger partial charge >= 0.3 is 0 Å². The standard InChI is InChI=1S/C26H48N2O3/c1-25(2,3)11-13-27-12-10-21-15-24(30)28(16-20-8-9-20)18-23(29)26(4,5)19-31-14-6-7-22(21)17-27/h20-23,29H,6-19H2,1-5H3/t21-,22-,23-/m0/s1. The minimum absolute atomic E-state index is 0.264. The first kappa shape index (κ1) is 25.0. The zero-order valence-corrected chi connectivity index (χ0v) is 20.9. The van der Waals surface area contributed by atoms with Gasteiger partial charge in [-0.25, -0.2) is 0 Å². The van der Waals surface area contributed by atoms with Crippen LogP contribution in [0, 0.1) is 28.6 Å². The number of carbonyl (C=O) groups is 1. The molecule has 0 unspecified atom stereocenters. The summed E-state index contributed by atoms with van der Waals surface area (Å²) in [6.07, 6.45) is 7.06. The molecule has 1 amide bonds. The fourth-order valence-electron chi connectivity index (χ4n) is 5.03. The molecule has 2 heterocycles. The first-order valence-electron chi connectivity index (χ1n) is 12.8. The topological polar surface area (TPSA) is 53.0 Å². The van der Waals surface area contributed by atoms with Gasteiger partial charge in [0.1, 0.15) is 0 Å². The lowest BCUT2D eigenvalue weighted by atomic mass is 9.79. The molecule has 2 saturated heterocycles. The number of piperidine rings is 1. The minimum atomic E-state index is -0.550. The number of ether oxygens (including phenoxy) is 1. The van der Waals surface area contributed by atoms with Crippen LogP contribution in [0.2, 0.25) is 0 Å². The maximum absolute atomic E-state index is 13.4. The Hall–Kier alpha value is -0.650. The van der Waals surface area contributed by atoms with Crippen LogP contribution < -0.4 is 0 Å². The molecule has 0 aromatic heterocycles. The maximum Gasteiger partial charge on any atom is 0.222 e. The van der Waals surface area contributed by atoms with Crippen LogP contribution in [0.15, 0.2) is 0 Å². The van der Waals surface area contributed by atoms with E-state index in [0.29, 0.717) is 42.7 Å². The average Bonchev–Trinajstić information content (AvgIpc) is 3.49. The van der Waals surface area contributed by atoms with E-state index < -0.39 is 6.10 Å². The molecule has 1 aliphatic carbocycles. The van der Waals surface area contributed by atoms with Crippen molar-refractivity contribution in [2.45, 2.75) is 85.7 Å². The van der Waals surface area contributed by atoms with Crippen molar-refractivity contribution in [2.75, 3.05) is 45.9 Å². The monoisotopic (exact) mass is 436 g/mol. The normalized spacial score (nSPS) is 32.0. The van der Waals surface area contributed by atoms with E-state index in [0.717, 1.165) is 52.0 Å². The van der Waals surface area contributed by atoms with E-state index in [2.05, 4.69) is 39.5 Å². The summed E-state index contributed by atoms with van der Waals surface area (Å²) in [6.45, 7) is 17.0. The summed E-state index contributed by atoms with van der Waals surface area (Å²) in [5.74, 6) is 1.94. The van der Waals surface area contributed by atoms with Crippen LogP contribution in [-0.2, 0) is 9.53 Å².